The summed E-state index contributed by atoms with van der Waals surface area (Å²) >= 11 is 3.98. The van der Waals surface area contributed by atoms with Gasteiger partial charge in [0.15, 0.2) is 0 Å². The number of benzene rings is 1. The van der Waals surface area contributed by atoms with Gasteiger partial charge in [-0.15, -0.1) is 0 Å². The minimum absolute atomic E-state index is 0.143. The molecule has 124 valence electrons. The number of nitrogens with one attached hydrogen (secondary N) is 1. The van der Waals surface area contributed by atoms with Crippen LogP contribution in [0.25, 0.3) is 0 Å². The zero-order valence-corrected chi connectivity index (χ0v) is 15.2. The lowest BCUT2D eigenvalue weighted by Crippen LogP contribution is -2.58. The second-order valence-electron chi connectivity index (χ2n) is 7.89. The molecule has 1 amide bonds. The van der Waals surface area contributed by atoms with Gasteiger partial charge in [0.2, 0.25) is 5.91 Å². The molecule has 4 fully saturated rings. The maximum Gasteiger partial charge on any atom is 0.226 e. The van der Waals surface area contributed by atoms with Crippen LogP contribution >= 0.6 is 15.9 Å². The van der Waals surface area contributed by atoms with Crippen molar-refractivity contribution < 1.29 is 9.53 Å². The number of ether oxygens (including phenoxy) is 1. The SMILES string of the molecule is COc1ccccc1CNC(=O)C12C[C@@H]3C[C@@H](CC(Br)(C3)C1)C2. The molecule has 2 unspecified atom stereocenters. The molecule has 23 heavy (non-hydrogen) atoms. The Morgan fingerprint density at radius 2 is 1.96 bits per heavy atom. The van der Waals surface area contributed by atoms with E-state index in [1.165, 1.54) is 19.3 Å². The first-order valence-electron chi connectivity index (χ1n) is 8.61. The molecule has 0 aliphatic heterocycles. The molecule has 0 radical (unpaired) electrons. The van der Waals surface area contributed by atoms with Gasteiger partial charge in [0, 0.05) is 16.4 Å². The molecule has 3 nitrogen and oxygen atoms in total. The summed E-state index contributed by atoms with van der Waals surface area (Å²) in [5.41, 5.74) is 0.900. The highest BCUT2D eigenvalue weighted by Crippen LogP contribution is 2.64. The molecule has 4 atom stereocenters. The van der Waals surface area contributed by atoms with Crippen LogP contribution in [0.15, 0.2) is 24.3 Å². The third-order valence-corrected chi connectivity index (χ3v) is 7.03. The van der Waals surface area contributed by atoms with Gasteiger partial charge in [-0.3, -0.25) is 4.79 Å². The number of rotatable bonds is 4. The monoisotopic (exact) mass is 377 g/mol. The number of methoxy groups -OCH3 is 1. The summed E-state index contributed by atoms with van der Waals surface area (Å²) in [5.74, 6) is 2.55. The van der Waals surface area contributed by atoms with E-state index in [-0.39, 0.29) is 15.6 Å². The van der Waals surface area contributed by atoms with Gasteiger partial charge >= 0.3 is 0 Å². The molecule has 4 heteroatoms. The number of hydrogen-bond acceptors (Lipinski definition) is 2. The Bertz CT molecular complexity index is 616. The Hall–Kier alpha value is -1.03. The topological polar surface area (TPSA) is 38.3 Å². The Kier molecular flexibility index (Phi) is 3.71. The molecule has 1 aromatic rings. The number of amides is 1. The van der Waals surface area contributed by atoms with Crippen LogP contribution in [0.4, 0.5) is 0 Å². The van der Waals surface area contributed by atoms with Crippen LogP contribution in [0.5, 0.6) is 5.75 Å². The summed E-state index contributed by atoms with van der Waals surface area (Å²) in [6.45, 7) is 0.551. The zero-order valence-electron chi connectivity index (χ0n) is 13.6. The molecule has 1 aromatic carbocycles. The smallest absolute Gasteiger partial charge is 0.226 e. The summed E-state index contributed by atoms with van der Waals surface area (Å²) in [7, 11) is 1.67. The number of carbonyl (C=O) groups excluding carboxylic acids is 1. The van der Waals surface area contributed by atoms with Crippen molar-refractivity contribution in [3.8, 4) is 5.75 Å². The van der Waals surface area contributed by atoms with Gasteiger partial charge in [0.1, 0.15) is 5.75 Å². The van der Waals surface area contributed by atoms with Crippen molar-refractivity contribution in [2.75, 3.05) is 7.11 Å². The van der Waals surface area contributed by atoms with Gasteiger partial charge < -0.3 is 10.1 Å². The van der Waals surface area contributed by atoms with Crippen molar-refractivity contribution in [1.29, 1.82) is 0 Å². The van der Waals surface area contributed by atoms with Gasteiger partial charge in [0.05, 0.1) is 12.5 Å². The van der Waals surface area contributed by atoms with Crippen molar-refractivity contribution in [2.24, 2.45) is 17.3 Å². The van der Waals surface area contributed by atoms with Crippen molar-refractivity contribution in [3.63, 3.8) is 0 Å². The van der Waals surface area contributed by atoms with Crippen LogP contribution in [0.2, 0.25) is 0 Å². The summed E-state index contributed by atoms with van der Waals surface area (Å²) in [6, 6.07) is 7.91. The van der Waals surface area contributed by atoms with Crippen LogP contribution in [0, 0.1) is 17.3 Å². The molecule has 4 bridgehead atoms. The van der Waals surface area contributed by atoms with E-state index in [1.807, 2.05) is 24.3 Å². The minimum Gasteiger partial charge on any atom is -0.496 e. The normalized spacial score (nSPS) is 37.7. The molecule has 4 saturated carbocycles. The molecule has 1 N–H and O–H groups in total. The highest BCUT2D eigenvalue weighted by atomic mass is 79.9. The van der Waals surface area contributed by atoms with E-state index in [4.69, 9.17) is 4.74 Å². The minimum atomic E-state index is -0.143. The van der Waals surface area contributed by atoms with Crippen LogP contribution in [-0.4, -0.2) is 17.3 Å². The largest absolute Gasteiger partial charge is 0.496 e. The van der Waals surface area contributed by atoms with Crippen molar-refractivity contribution in [3.05, 3.63) is 29.8 Å². The van der Waals surface area contributed by atoms with Crippen molar-refractivity contribution in [1.82, 2.24) is 5.32 Å². The summed E-state index contributed by atoms with van der Waals surface area (Å²) in [4.78, 5) is 13.0. The Morgan fingerprint density at radius 3 is 2.61 bits per heavy atom. The number of para-hydroxylation sites is 1. The zero-order chi connectivity index (χ0) is 16.1. The molecular weight excluding hydrogens is 354 g/mol. The van der Waals surface area contributed by atoms with Gasteiger partial charge in [-0.2, -0.15) is 0 Å². The first kappa shape index (κ1) is 15.5. The fourth-order valence-corrected chi connectivity index (χ4v) is 7.08. The van der Waals surface area contributed by atoms with Crippen molar-refractivity contribution >= 4 is 21.8 Å². The third-order valence-electron chi connectivity index (χ3n) is 6.10. The highest BCUT2D eigenvalue weighted by Gasteiger charge is 2.59. The number of hydrogen-bond donors (Lipinski definition) is 1. The van der Waals surface area contributed by atoms with E-state index in [2.05, 4.69) is 21.2 Å². The van der Waals surface area contributed by atoms with Gasteiger partial charge in [-0.1, -0.05) is 34.1 Å². The molecule has 0 spiro atoms. The van der Waals surface area contributed by atoms with Crippen LogP contribution < -0.4 is 10.1 Å². The van der Waals surface area contributed by atoms with E-state index in [1.54, 1.807) is 7.11 Å². The van der Waals surface area contributed by atoms with E-state index >= 15 is 0 Å². The predicted molar refractivity (Wildman–Crippen MR) is 93.6 cm³/mol. The fraction of sp³-hybridized carbons (Fsp3) is 0.632. The predicted octanol–water partition coefficient (Wildman–Crippen LogP) is 4.05. The Morgan fingerprint density at radius 1 is 1.26 bits per heavy atom. The molecule has 5 rings (SSSR count). The third kappa shape index (κ3) is 2.69. The van der Waals surface area contributed by atoms with Crippen LogP contribution in [0.3, 0.4) is 0 Å². The van der Waals surface area contributed by atoms with E-state index in [0.29, 0.717) is 6.54 Å². The van der Waals surface area contributed by atoms with Gasteiger partial charge in [0.25, 0.3) is 0 Å². The highest BCUT2D eigenvalue weighted by molar-refractivity contribution is 9.10. The Labute approximate surface area is 146 Å². The number of carbonyl (C=O) groups is 1. The van der Waals surface area contributed by atoms with Gasteiger partial charge in [-0.25, -0.2) is 0 Å². The van der Waals surface area contributed by atoms with Gasteiger partial charge in [-0.05, 0) is 56.4 Å². The standard InChI is InChI=1S/C19H24BrNO2/c1-23-16-5-3-2-4-15(16)11-21-17(22)18-7-13-6-14(8-18)10-19(20,9-13)12-18/h2-5,13-14H,6-12H2,1H3,(H,21,22)/t13-,14+,18?,19?. The number of halogens is 1. The molecule has 0 aromatic heterocycles. The van der Waals surface area contributed by atoms with E-state index < -0.39 is 0 Å². The summed E-state index contributed by atoms with van der Waals surface area (Å²) in [5, 5.41) is 3.21. The molecule has 0 saturated heterocycles. The first-order chi connectivity index (χ1) is 11.0. The molecule has 4 aliphatic rings. The lowest BCUT2D eigenvalue weighted by molar-refractivity contribution is -0.144. The summed E-state index contributed by atoms with van der Waals surface area (Å²) in [6.07, 6.45) is 7.00. The summed E-state index contributed by atoms with van der Waals surface area (Å²) < 4.78 is 5.61. The van der Waals surface area contributed by atoms with Crippen molar-refractivity contribution in [2.45, 2.75) is 49.4 Å². The molecule has 4 aliphatic carbocycles. The van der Waals surface area contributed by atoms with Crippen LogP contribution in [-0.2, 0) is 11.3 Å². The Balaban J connectivity index is 1.49. The van der Waals surface area contributed by atoms with E-state index in [9.17, 15) is 4.79 Å². The average molecular weight is 378 g/mol. The average Bonchev–Trinajstić information content (AvgIpc) is 2.50. The fourth-order valence-electron chi connectivity index (χ4n) is 5.63. The maximum absolute atomic E-state index is 13.0. The first-order valence-corrected chi connectivity index (χ1v) is 9.40. The van der Waals surface area contributed by atoms with E-state index in [0.717, 1.165) is 42.4 Å². The lowest BCUT2D eigenvalue weighted by Gasteiger charge is -2.59. The molecule has 0 heterocycles. The maximum atomic E-state index is 13.0. The second-order valence-corrected chi connectivity index (χ2v) is 9.57. The lowest BCUT2D eigenvalue weighted by atomic mass is 9.49. The number of alkyl halides is 1. The molecular formula is C19H24BrNO2. The van der Waals surface area contributed by atoms with Crippen LogP contribution in [0.1, 0.15) is 44.1 Å². The quantitative estimate of drug-likeness (QED) is 0.803. The second kappa shape index (κ2) is 5.51.